The molecule has 0 saturated carbocycles. The second kappa shape index (κ2) is 9.14. The maximum atomic E-state index is 14.1. The molecule has 0 aliphatic carbocycles. The highest BCUT2D eigenvalue weighted by atomic mass is 19.1. The lowest BCUT2D eigenvalue weighted by Gasteiger charge is -2.33. The molecule has 6 heteroatoms. The van der Waals surface area contributed by atoms with Gasteiger partial charge >= 0.3 is 0 Å². The number of hydrogen-bond acceptors (Lipinski definition) is 2. The zero-order valence-electron chi connectivity index (χ0n) is 18.3. The van der Waals surface area contributed by atoms with Crippen molar-refractivity contribution in [3.8, 4) is 11.4 Å². The van der Waals surface area contributed by atoms with Gasteiger partial charge in [-0.05, 0) is 55.2 Å². The number of hydrogen-bond donors (Lipinski definition) is 0. The van der Waals surface area contributed by atoms with Crippen LogP contribution in [0.3, 0.4) is 0 Å². The Morgan fingerprint density at radius 2 is 1.61 bits per heavy atom. The first-order valence-electron chi connectivity index (χ1n) is 11.3. The second-order valence-electron chi connectivity index (χ2n) is 8.54. The largest absolute Gasteiger partial charge is 0.343 e. The SMILES string of the molecule is O=C(CCc1ccc(F)cc1)N1CCC(n2c(-c3ccccc3)nc3ccc(F)cc32)CC1. The quantitative estimate of drug-likeness (QED) is 0.391. The third-order valence-electron chi connectivity index (χ3n) is 6.41. The lowest BCUT2D eigenvalue weighted by atomic mass is 10.0. The Hall–Kier alpha value is -3.54. The van der Waals surface area contributed by atoms with Gasteiger partial charge in [0, 0.05) is 31.1 Å². The Bertz CT molecular complexity index is 1260. The van der Waals surface area contributed by atoms with E-state index >= 15 is 0 Å². The number of amides is 1. The minimum Gasteiger partial charge on any atom is -0.343 e. The summed E-state index contributed by atoms with van der Waals surface area (Å²) in [4.78, 5) is 19.5. The highest BCUT2D eigenvalue weighted by Crippen LogP contribution is 2.33. The molecule has 1 saturated heterocycles. The molecule has 0 atom stereocenters. The summed E-state index contributed by atoms with van der Waals surface area (Å²) in [5.41, 5.74) is 3.51. The molecule has 5 rings (SSSR count). The van der Waals surface area contributed by atoms with Crippen molar-refractivity contribution in [2.75, 3.05) is 13.1 Å². The molecule has 0 spiro atoms. The lowest BCUT2D eigenvalue weighted by Crippen LogP contribution is -2.39. The molecule has 1 amide bonds. The van der Waals surface area contributed by atoms with E-state index in [1.807, 2.05) is 35.2 Å². The van der Waals surface area contributed by atoms with Gasteiger partial charge in [-0.25, -0.2) is 13.8 Å². The minimum atomic E-state index is -0.281. The fourth-order valence-electron chi connectivity index (χ4n) is 4.66. The molecule has 0 N–H and O–H groups in total. The predicted molar refractivity (Wildman–Crippen MR) is 125 cm³/mol. The molecule has 0 unspecified atom stereocenters. The second-order valence-corrected chi connectivity index (χ2v) is 8.54. The summed E-state index contributed by atoms with van der Waals surface area (Å²) >= 11 is 0. The predicted octanol–water partition coefficient (Wildman–Crippen LogP) is 5.78. The fraction of sp³-hybridized carbons (Fsp3) is 0.259. The van der Waals surface area contributed by atoms with Gasteiger partial charge in [0.1, 0.15) is 17.5 Å². The monoisotopic (exact) mass is 445 g/mol. The first-order chi connectivity index (χ1) is 16.1. The van der Waals surface area contributed by atoms with E-state index in [9.17, 15) is 13.6 Å². The minimum absolute atomic E-state index is 0.114. The highest BCUT2D eigenvalue weighted by molar-refractivity contribution is 5.81. The van der Waals surface area contributed by atoms with E-state index in [2.05, 4.69) is 4.57 Å². The number of aromatic nitrogens is 2. The van der Waals surface area contributed by atoms with Gasteiger partial charge in [0.2, 0.25) is 5.91 Å². The number of rotatable bonds is 5. The van der Waals surface area contributed by atoms with Crippen molar-refractivity contribution in [1.29, 1.82) is 0 Å². The van der Waals surface area contributed by atoms with Gasteiger partial charge in [0.25, 0.3) is 0 Å². The molecule has 0 bridgehead atoms. The molecule has 2 heterocycles. The van der Waals surface area contributed by atoms with Crippen LogP contribution in [0.2, 0.25) is 0 Å². The Morgan fingerprint density at radius 1 is 0.909 bits per heavy atom. The number of carbonyl (C=O) groups excluding carboxylic acids is 1. The average molecular weight is 446 g/mol. The van der Waals surface area contributed by atoms with Crippen LogP contribution < -0.4 is 0 Å². The molecule has 4 nitrogen and oxygen atoms in total. The van der Waals surface area contributed by atoms with Crippen LogP contribution in [0, 0.1) is 11.6 Å². The molecular weight excluding hydrogens is 420 g/mol. The van der Waals surface area contributed by atoms with Crippen LogP contribution in [0.5, 0.6) is 0 Å². The van der Waals surface area contributed by atoms with Crippen molar-refractivity contribution in [1.82, 2.24) is 14.5 Å². The molecule has 1 aliphatic rings. The Balaban J connectivity index is 1.32. The maximum Gasteiger partial charge on any atom is 0.222 e. The molecule has 3 aromatic carbocycles. The van der Waals surface area contributed by atoms with Gasteiger partial charge in [-0.3, -0.25) is 4.79 Å². The van der Waals surface area contributed by atoms with Gasteiger partial charge in [0.15, 0.2) is 0 Å². The van der Waals surface area contributed by atoms with E-state index in [1.165, 1.54) is 18.2 Å². The first-order valence-corrected chi connectivity index (χ1v) is 11.3. The number of likely N-dealkylation sites (tertiary alicyclic amines) is 1. The van der Waals surface area contributed by atoms with Crippen LogP contribution >= 0.6 is 0 Å². The molecule has 0 radical (unpaired) electrons. The topological polar surface area (TPSA) is 38.1 Å². The number of nitrogens with zero attached hydrogens (tertiary/aromatic N) is 3. The normalized spacial score (nSPS) is 14.7. The molecule has 1 aliphatic heterocycles. The summed E-state index contributed by atoms with van der Waals surface area (Å²) < 4.78 is 29.3. The number of halogens is 2. The van der Waals surface area contributed by atoms with E-state index in [-0.39, 0.29) is 23.6 Å². The number of carbonyl (C=O) groups is 1. The van der Waals surface area contributed by atoms with Crippen LogP contribution in [0.25, 0.3) is 22.4 Å². The van der Waals surface area contributed by atoms with Crippen LogP contribution in [-0.4, -0.2) is 33.4 Å². The summed E-state index contributed by atoms with van der Waals surface area (Å²) in [5, 5.41) is 0. The number of piperidine rings is 1. The highest BCUT2D eigenvalue weighted by Gasteiger charge is 2.27. The summed E-state index contributed by atoms with van der Waals surface area (Å²) in [6.07, 6.45) is 2.57. The molecule has 33 heavy (non-hydrogen) atoms. The van der Waals surface area contributed by atoms with Crippen molar-refractivity contribution >= 4 is 16.9 Å². The van der Waals surface area contributed by atoms with Crippen molar-refractivity contribution in [3.63, 3.8) is 0 Å². The van der Waals surface area contributed by atoms with Crippen LogP contribution in [0.1, 0.15) is 30.9 Å². The smallest absolute Gasteiger partial charge is 0.222 e. The number of imidazole rings is 1. The van der Waals surface area contributed by atoms with Gasteiger partial charge in [-0.2, -0.15) is 0 Å². The third kappa shape index (κ3) is 4.51. The molecule has 1 fully saturated rings. The molecule has 168 valence electrons. The van der Waals surface area contributed by atoms with E-state index in [4.69, 9.17) is 4.98 Å². The summed E-state index contributed by atoms with van der Waals surface area (Å²) in [6, 6.07) is 21.1. The van der Waals surface area contributed by atoms with Gasteiger partial charge in [0.05, 0.1) is 11.0 Å². The van der Waals surface area contributed by atoms with Crippen molar-refractivity contribution in [2.24, 2.45) is 0 Å². The summed E-state index contributed by atoms with van der Waals surface area (Å²) in [6.45, 7) is 1.30. The van der Waals surface area contributed by atoms with Gasteiger partial charge in [-0.1, -0.05) is 42.5 Å². The first kappa shape index (κ1) is 21.3. The molecular formula is C27H25F2N3O. The number of benzene rings is 3. The fourth-order valence-corrected chi connectivity index (χ4v) is 4.66. The third-order valence-corrected chi connectivity index (χ3v) is 6.41. The van der Waals surface area contributed by atoms with Crippen molar-refractivity contribution in [3.05, 3.63) is 90.0 Å². The van der Waals surface area contributed by atoms with Gasteiger partial charge < -0.3 is 9.47 Å². The standard InChI is InChI=1S/C27H25F2N3O/c28-21-9-6-19(7-10-21)8-13-26(33)31-16-14-23(15-17-31)32-25-18-22(29)11-12-24(25)30-27(32)20-4-2-1-3-5-20/h1-7,9-12,18,23H,8,13-17H2. The van der Waals surface area contributed by atoms with Crippen LogP contribution in [0.15, 0.2) is 72.8 Å². The Kier molecular flexibility index (Phi) is 5.90. The Morgan fingerprint density at radius 3 is 2.33 bits per heavy atom. The zero-order chi connectivity index (χ0) is 22.8. The van der Waals surface area contributed by atoms with E-state index in [0.717, 1.165) is 40.8 Å². The Labute approximate surface area is 191 Å². The van der Waals surface area contributed by atoms with E-state index < -0.39 is 0 Å². The van der Waals surface area contributed by atoms with Crippen molar-refractivity contribution in [2.45, 2.75) is 31.7 Å². The average Bonchev–Trinajstić information content (AvgIpc) is 3.23. The van der Waals surface area contributed by atoms with E-state index in [1.54, 1.807) is 24.3 Å². The number of fused-ring (bicyclic) bond motifs is 1. The lowest BCUT2D eigenvalue weighted by molar-refractivity contribution is -0.132. The number of aryl methyl sites for hydroxylation is 1. The van der Waals surface area contributed by atoms with Gasteiger partial charge in [-0.15, -0.1) is 0 Å². The summed E-state index contributed by atoms with van der Waals surface area (Å²) in [7, 11) is 0. The molecule has 1 aromatic heterocycles. The van der Waals surface area contributed by atoms with E-state index in [0.29, 0.717) is 25.9 Å². The van der Waals surface area contributed by atoms with Crippen molar-refractivity contribution < 1.29 is 13.6 Å². The van der Waals surface area contributed by atoms with Crippen LogP contribution in [-0.2, 0) is 11.2 Å². The zero-order valence-corrected chi connectivity index (χ0v) is 18.3. The summed E-state index contributed by atoms with van der Waals surface area (Å²) in [5.74, 6) is 0.394. The molecule has 4 aromatic rings. The maximum absolute atomic E-state index is 14.1. The van der Waals surface area contributed by atoms with Crippen LogP contribution in [0.4, 0.5) is 8.78 Å².